The monoisotopic (exact) mass is 653 g/mol. The van der Waals surface area contributed by atoms with Gasteiger partial charge in [-0.2, -0.15) is 0 Å². The number of esters is 2. The molecule has 2 amide bonds. The van der Waals surface area contributed by atoms with Gasteiger partial charge in [0, 0.05) is 30.4 Å². The van der Waals surface area contributed by atoms with Crippen LogP contribution in [0.15, 0.2) is 21.8 Å². The largest absolute Gasteiger partial charge is 0.425 e. The van der Waals surface area contributed by atoms with Gasteiger partial charge in [-0.25, -0.2) is 14.5 Å². The van der Waals surface area contributed by atoms with Gasteiger partial charge in [0.15, 0.2) is 5.13 Å². The smallest absolute Gasteiger partial charge is 0.358 e. The van der Waals surface area contributed by atoms with Crippen molar-refractivity contribution in [2.24, 2.45) is 5.41 Å². The van der Waals surface area contributed by atoms with Crippen molar-refractivity contribution in [3.05, 3.63) is 22.3 Å². The normalized spacial score (nSPS) is 19.1. The van der Waals surface area contributed by atoms with Crippen LogP contribution in [0.3, 0.4) is 0 Å². The highest BCUT2D eigenvalue weighted by molar-refractivity contribution is 8.01. The minimum absolute atomic E-state index is 0.0271. The van der Waals surface area contributed by atoms with Gasteiger partial charge in [-0.1, -0.05) is 11.8 Å². The van der Waals surface area contributed by atoms with Gasteiger partial charge < -0.3 is 25.4 Å². The summed E-state index contributed by atoms with van der Waals surface area (Å²) in [5.74, 6) is -1.49. The first kappa shape index (κ1) is 32.7. The third-order valence-corrected chi connectivity index (χ3v) is 9.37. The summed E-state index contributed by atoms with van der Waals surface area (Å²) < 4.78 is 12.5. The molecule has 0 spiro atoms. The molecule has 2 aliphatic heterocycles. The predicted molar refractivity (Wildman–Crippen MR) is 160 cm³/mol. The number of hydrogen-bond acceptors (Lipinski definition) is 15. The van der Waals surface area contributed by atoms with E-state index in [4.69, 9.17) is 15.2 Å². The average Bonchev–Trinajstić information content (AvgIpc) is 3.55. The van der Waals surface area contributed by atoms with Crippen LogP contribution in [0.4, 0.5) is 5.13 Å². The number of tetrazole rings is 1. The van der Waals surface area contributed by atoms with Crippen LogP contribution in [0.2, 0.25) is 0 Å². The van der Waals surface area contributed by atoms with Crippen LogP contribution < -0.4 is 11.1 Å². The lowest BCUT2D eigenvalue weighted by atomic mass is 9.97. The Morgan fingerprint density at radius 2 is 2.02 bits per heavy atom. The maximum atomic E-state index is 13.5. The van der Waals surface area contributed by atoms with Gasteiger partial charge in [-0.15, -0.1) is 28.2 Å². The lowest BCUT2D eigenvalue weighted by Gasteiger charge is -2.49. The quantitative estimate of drug-likeness (QED) is 0.141. The van der Waals surface area contributed by atoms with Crippen molar-refractivity contribution in [1.82, 2.24) is 40.3 Å². The second-order valence-electron chi connectivity index (χ2n) is 11.2. The molecule has 0 radical (unpaired) electrons. The van der Waals surface area contributed by atoms with Crippen molar-refractivity contribution in [2.75, 3.05) is 37.9 Å². The summed E-state index contributed by atoms with van der Waals surface area (Å²) in [5, 5.41) is 16.7. The lowest BCUT2D eigenvalue weighted by molar-refractivity contribution is -0.190. The summed E-state index contributed by atoms with van der Waals surface area (Å²) in [6.45, 7) is 7.81. The SMILES string of the molecule is CC(OC(=O)C1=C(CSc2nnnn2CCN(C)C)CS[C@H]2[C@H](NC(=O)Cc3csc(N)n3)C(=O)N12)OC(=O)C(C)(C)C. The number of carbonyl (C=O) groups is 4. The molecule has 3 N–H and O–H groups in total. The number of carbonyl (C=O) groups excluding carboxylic acids is 4. The van der Waals surface area contributed by atoms with Crippen LogP contribution >= 0.6 is 34.9 Å². The van der Waals surface area contributed by atoms with Crippen molar-refractivity contribution in [2.45, 2.75) is 63.5 Å². The Kier molecular flexibility index (Phi) is 10.3. The minimum atomic E-state index is -1.19. The molecular weight excluding hydrogens is 619 g/mol. The molecule has 1 unspecified atom stereocenters. The van der Waals surface area contributed by atoms with E-state index in [1.807, 2.05) is 19.0 Å². The summed E-state index contributed by atoms with van der Waals surface area (Å²) in [4.78, 5) is 59.3. The van der Waals surface area contributed by atoms with Crippen LogP contribution in [0.25, 0.3) is 0 Å². The fourth-order valence-electron chi connectivity index (χ4n) is 4.02. The van der Waals surface area contributed by atoms with Crippen LogP contribution in [-0.4, -0.2) is 109 Å². The number of nitrogen functional groups attached to an aromatic ring is 1. The second kappa shape index (κ2) is 13.6. The highest BCUT2D eigenvalue weighted by Gasteiger charge is 2.54. The molecule has 2 aromatic rings. The number of hydrogen-bond donors (Lipinski definition) is 2. The van der Waals surface area contributed by atoms with Crippen molar-refractivity contribution in [3.8, 4) is 0 Å². The standard InChI is InChI=1S/C25H35N9O6S3/c1-13(40-22(38)25(2,3)4)39-21(37)18-14(11-43-24-29-30-31-33(24)8-7-32(5)6)10-41-20-17(19(36)34(18)20)28-16(35)9-15-12-42-23(26)27-15/h12-13,17,20H,7-11H2,1-6H3,(H2,26,27)(H,28,35)/t13?,17-,20+/m1/s1. The Morgan fingerprint density at radius 1 is 1.28 bits per heavy atom. The van der Waals surface area contributed by atoms with E-state index < -0.39 is 41.0 Å². The van der Waals surface area contributed by atoms with E-state index in [0.29, 0.717) is 39.6 Å². The third kappa shape index (κ3) is 8.04. The van der Waals surface area contributed by atoms with Gasteiger partial charge >= 0.3 is 11.9 Å². The number of amides is 2. The number of ether oxygens (including phenoxy) is 2. The molecule has 4 heterocycles. The highest BCUT2D eigenvalue weighted by atomic mass is 32.2. The molecule has 0 aliphatic carbocycles. The molecule has 0 bridgehead atoms. The zero-order valence-electron chi connectivity index (χ0n) is 24.7. The van der Waals surface area contributed by atoms with Gasteiger partial charge in [-0.3, -0.25) is 19.3 Å². The number of β-lactam (4-membered cyclic amide) rings is 1. The van der Waals surface area contributed by atoms with Gasteiger partial charge in [0.05, 0.1) is 24.1 Å². The van der Waals surface area contributed by atoms with Crippen LogP contribution in [0.5, 0.6) is 0 Å². The molecule has 1 fully saturated rings. The lowest BCUT2D eigenvalue weighted by Crippen LogP contribution is -2.70. The number of fused-ring (bicyclic) bond motifs is 1. The van der Waals surface area contributed by atoms with E-state index in [1.54, 1.807) is 30.8 Å². The maximum Gasteiger partial charge on any atom is 0.358 e. The molecule has 15 nitrogen and oxygen atoms in total. The summed E-state index contributed by atoms with van der Waals surface area (Å²) in [5.41, 5.74) is 6.05. The number of aromatic nitrogens is 5. The zero-order valence-corrected chi connectivity index (χ0v) is 27.2. The van der Waals surface area contributed by atoms with E-state index in [9.17, 15) is 19.2 Å². The Labute approximate surface area is 261 Å². The van der Waals surface area contributed by atoms with E-state index in [0.717, 1.165) is 6.54 Å². The number of nitrogens with two attached hydrogens (primary N) is 1. The van der Waals surface area contributed by atoms with E-state index in [2.05, 4.69) is 25.8 Å². The summed E-state index contributed by atoms with van der Waals surface area (Å²) in [7, 11) is 3.90. The predicted octanol–water partition coefficient (Wildman–Crippen LogP) is 0.741. The van der Waals surface area contributed by atoms with Crippen LogP contribution in [0.1, 0.15) is 33.4 Å². The molecule has 234 valence electrons. The summed E-state index contributed by atoms with van der Waals surface area (Å²) >= 11 is 3.98. The topological polar surface area (TPSA) is 188 Å². The fourth-order valence-corrected chi connectivity index (χ4v) is 6.97. The van der Waals surface area contributed by atoms with Crippen LogP contribution in [0, 0.1) is 5.41 Å². The molecule has 2 aliphatic rings. The third-order valence-electron chi connectivity index (χ3n) is 6.26. The molecule has 0 saturated carbocycles. The first-order valence-corrected chi connectivity index (χ1v) is 16.3. The van der Waals surface area contributed by atoms with Crippen molar-refractivity contribution < 1.29 is 28.7 Å². The number of likely N-dealkylation sites (N-methyl/N-ethyl adjacent to an activating group) is 1. The van der Waals surface area contributed by atoms with Gasteiger partial charge in [0.2, 0.25) is 17.4 Å². The Hall–Kier alpha value is -3.22. The molecule has 3 atom stereocenters. The van der Waals surface area contributed by atoms with Crippen LogP contribution in [-0.2, 0) is 41.6 Å². The van der Waals surface area contributed by atoms with E-state index in [-0.39, 0.29) is 18.0 Å². The second-order valence-corrected chi connectivity index (χ2v) is 14.1. The highest BCUT2D eigenvalue weighted by Crippen LogP contribution is 2.42. The first-order valence-electron chi connectivity index (χ1n) is 13.4. The van der Waals surface area contributed by atoms with Crippen molar-refractivity contribution >= 4 is 63.7 Å². The zero-order chi connectivity index (χ0) is 31.5. The Morgan fingerprint density at radius 3 is 2.67 bits per heavy atom. The van der Waals surface area contributed by atoms with Gasteiger partial charge in [0.1, 0.15) is 17.1 Å². The van der Waals surface area contributed by atoms with E-state index >= 15 is 0 Å². The molecule has 1 saturated heterocycles. The molecule has 0 aromatic carbocycles. The fraction of sp³-hybridized carbons (Fsp3) is 0.600. The summed E-state index contributed by atoms with van der Waals surface area (Å²) in [6, 6.07) is -0.833. The Balaban J connectivity index is 1.51. The molecule has 2 aromatic heterocycles. The first-order chi connectivity index (χ1) is 20.2. The molecule has 43 heavy (non-hydrogen) atoms. The van der Waals surface area contributed by atoms with Gasteiger partial charge in [0.25, 0.3) is 5.91 Å². The molecule has 4 rings (SSSR count). The van der Waals surface area contributed by atoms with Crippen molar-refractivity contribution in [1.29, 1.82) is 0 Å². The van der Waals surface area contributed by atoms with Crippen molar-refractivity contribution in [3.63, 3.8) is 0 Å². The number of rotatable bonds is 12. The maximum absolute atomic E-state index is 13.5. The molecule has 18 heteroatoms. The number of nitrogens with zero attached hydrogens (tertiary/aromatic N) is 7. The average molecular weight is 654 g/mol. The van der Waals surface area contributed by atoms with Gasteiger partial charge in [-0.05, 0) is 50.9 Å². The molecular formula is C25H35N9O6S3. The minimum Gasteiger partial charge on any atom is -0.425 e. The Bertz CT molecular complexity index is 1400. The summed E-state index contributed by atoms with van der Waals surface area (Å²) in [6.07, 6.45) is -1.22. The number of thioether (sulfide) groups is 2. The number of nitrogens with one attached hydrogen (secondary N) is 1. The number of anilines is 1. The van der Waals surface area contributed by atoms with E-state index in [1.165, 1.54) is 46.7 Å². The number of thiazole rings is 1.